The number of amides is 2. The van der Waals surface area contributed by atoms with Crippen LogP contribution in [0.4, 0.5) is 4.79 Å². The molecule has 168 valence electrons. The van der Waals surface area contributed by atoms with Gasteiger partial charge in [0.1, 0.15) is 12.6 Å². The molecule has 0 radical (unpaired) electrons. The summed E-state index contributed by atoms with van der Waals surface area (Å²) in [6.45, 7) is 2.33. The molecule has 0 saturated carbocycles. The molecule has 0 aromatic heterocycles. The van der Waals surface area contributed by atoms with Crippen molar-refractivity contribution in [1.29, 1.82) is 0 Å². The van der Waals surface area contributed by atoms with Crippen LogP contribution in [0, 0.1) is 0 Å². The van der Waals surface area contributed by atoms with Crippen LogP contribution in [-0.2, 0) is 14.3 Å². The lowest BCUT2D eigenvalue weighted by atomic mass is 9.98. The lowest BCUT2D eigenvalue weighted by Crippen LogP contribution is -2.41. The average Bonchev–Trinajstić information content (AvgIpc) is 3.10. The Morgan fingerprint density at radius 3 is 2.25 bits per heavy atom. The van der Waals surface area contributed by atoms with Crippen molar-refractivity contribution in [3.05, 3.63) is 71.8 Å². The van der Waals surface area contributed by atoms with Gasteiger partial charge in [0.15, 0.2) is 0 Å². The second kappa shape index (κ2) is 11.1. The van der Waals surface area contributed by atoms with Gasteiger partial charge in [0.05, 0.1) is 0 Å². The van der Waals surface area contributed by atoms with Crippen LogP contribution < -0.4 is 10.6 Å². The van der Waals surface area contributed by atoms with Crippen LogP contribution >= 0.6 is 0 Å². The summed E-state index contributed by atoms with van der Waals surface area (Å²) in [5.41, 5.74) is 4.44. The maximum absolute atomic E-state index is 12.3. The molecule has 2 aromatic carbocycles. The molecule has 0 bridgehead atoms. The van der Waals surface area contributed by atoms with Crippen LogP contribution in [0.2, 0.25) is 0 Å². The van der Waals surface area contributed by atoms with E-state index in [1.165, 1.54) is 6.08 Å². The SMILES string of the molecule is CC=CC(=O)NCCCCC(NC(=O)OCC1c2ccccc2-c2ccccc21)C(=O)O. The Hall–Kier alpha value is -3.61. The van der Waals surface area contributed by atoms with Gasteiger partial charge in [-0.05, 0) is 54.5 Å². The predicted molar refractivity (Wildman–Crippen MR) is 121 cm³/mol. The minimum Gasteiger partial charge on any atom is -0.480 e. The normalized spacial score (nSPS) is 13.3. The van der Waals surface area contributed by atoms with Crippen LogP contribution in [0.15, 0.2) is 60.7 Å². The van der Waals surface area contributed by atoms with E-state index in [9.17, 15) is 19.5 Å². The number of carbonyl (C=O) groups excluding carboxylic acids is 2. The highest BCUT2D eigenvalue weighted by molar-refractivity contribution is 5.87. The molecule has 1 aliphatic rings. The minimum absolute atomic E-state index is 0.0859. The van der Waals surface area contributed by atoms with Gasteiger partial charge in [-0.2, -0.15) is 0 Å². The lowest BCUT2D eigenvalue weighted by Gasteiger charge is -2.17. The number of fused-ring (bicyclic) bond motifs is 3. The van der Waals surface area contributed by atoms with E-state index in [4.69, 9.17) is 4.74 Å². The van der Waals surface area contributed by atoms with E-state index in [1.807, 2.05) is 36.4 Å². The number of benzene rings is 2. The molecule has 0 aliphatic heterocycles. The Morgan fingerprint density at radius 1 is 1.03 bits per heavy atom. The second-order valence-corrected chi connectivity index (χ2v) is 7.65. The number of nitrogens with one attached hydrogen (secondary N) is 2. The summed E-state index contributed by atoms with van der Waals surface area (Å²) in [6.07, 6.45) is 3.72. The van der Waals surface area contributed by atoms with E-state index in [2.05, 4.69) is 22.8 Å². The highest BCUT2D eigenvalue weighted by Crippen LogP contribution is 2.44. The summed E-state index contributed by atoms with van der Waals surface area (Å²) in [7, 11) is 0. The third-order valence-electron chi connectivity index (χ3n) is 5.47. The second-order valence-electron chi connectivity index (χ2n) is 7.65. The zero-order chi connectivity index (χ0) is 22.9. The summed E-state index contributed by atoms with van der Waals surface area (Å²) in [5, 5.41) is 14.6. The molecule has 0 spiro atoms. The summed E-state index contributed by atoms with van der Waals surface area (Å²) in [4.78, 5) is 35.2. The van der Waals surface area contributed by atoms with Crippen molar-refractivity contribution in [3.63, 3.8) is 0 Å². The van der Waals surface area contributed by atoms with Gasteiger partial charge in [-0.1, -0.05) is 54.6 Å². The number of carbonyl (C=O) groups is 3. The number of hydrogen-bond donors (Lipinski definition) is 3. The minimum atomic E-state index is -1.11. The number of allylic oxidation sites excluding steroid dienone is 1. The number of unbranched alkanes of at least 4 members (excludes halogenated alkanes) is 1. The third kappa shape index (κ3) is 5.75. The van der Waals surface area contributed by atoms with Crippen LogP contribution in [0.5, 0.6) is 0 Å². The van der Waals surface area contributed by atoms with Gasteiger partial charge in [0, 0.05) is 12.5 Å². The quantitative estimate of drug-likeness (QED) is 0.388. The Labute approximate surface area is 187 Å². The Kier molecular flexibility index (Phi) is 8.02. The highest BCUT2D eigenvalue weighted by Gasteiger charge is 2.29. The van der Waals surface area contributed by atoms with Crippen molar-refractivity contribution >= 4 is 18.0 Å². The fourth-order valence-corrected chi connectivity index (χ4v) is 3.94. The number of rotatable bonds is 10. The summed E-state index contributed by atoms with van der Waals surface area (Å²) < 4.78 is 5.43. The molecule has 7 heteroatoms. The largest absolute Gasteiger partial charge is 0.480 e. The monoisotopic (exact) mass is 436 g/mol. The van der Waals surface area contributed by atoms with Crippen molar-refractivity contribution in [2.24, 2.45) is 0 Å². The number of aliphatic carboxylic acids is 1. The lowest BCUT2D eigenvalue weighted by molar-refractivity contribution is -0.139. The Balaban J connectivity index is 1.50. The first kappa shape index (κ1) is 23.1. The van der Waals surface area contributed by atoms with Crippen LogP contribution in [0.3, 0.4) is 0 Å². The zero-order valence-corrected chi connectivity index (χ0v) is 18.0. The summed E-state index contributed by atoms with van der Waals surface area (Å²) in [5.74, 6) is -1.38. The fourth-order valence-electron chi connectivity index (χ4n) is 3.94. The molecule has 1 unspecified atom stereocenters. The van der Waals surface area contributed by atoms with E-state index < -0.39 is 18.1 Å². The molecule has 1 aliphatic carbocycles. The maximum Gasteiger partial charge on any atom is 0.407 e. The van der Waals surface area contributed by atoms with E-state index >= 15 is 0 Å². The first-order valence-corrected chi connectivity index (χ1v) is 10.8. The molecule has 0 saturated heterocycles. The van der Waals surface area contributed by atoms with Gasteiger partial charge in [-0.3, -0.25) is 4.79 Å². The van der Waals surface area contributed by atoms with Gasteiger partial charge in [0.2, 0.25) is 5.91 Å². The number of carboxylic acid groups (broad SMARTS) is 1. The number of hydrogen-bond acceptors (Lipinski definition) is 4. The molecular formula is C25H28N2O5. The Bertz CT molecular complexity index is 956. The fraction of sp³-hybridized carbons (Fsp3) is 0.320. The smallest absolute Gasteiger partial charge is 0.407 e. The van der Waals surface area contributed by atoms with E-state index in [-0.39, 0.29) is 24.9 Å². The first-order valence-electron chi connectivity index (χ1n) is 10.8. The van der Waals surface area contributed by atoms with E-state index in [0.29, 0.717) is 19.4 Å². The Morgan fingerprint density at radius 2 is 1.66 bits per heavy atom. The number of ether oxygens (including phenoxy) is 1. The number of carboxylic acids is 1. The predicted octanol–water partition coefficient (Wildman–Crippen LogP) is 3.84. The standard InChI is InChI=1S/C25H28N2O5/c1-2-9-23(28)26-15-8-7-14-22(24(29)30)27-25(31)32-16-21-19-12-5-3-10-17(19)18-11-4-6-13-20(18)21/h2-6,9-13,21-22H,7-8,14-16H2,1H3,(H,26,28)(H,27,31)(H,29,30). The van der Waals surface area contributed by atoms with Crippen molar-refractivity contribution in [2.75, 3.05) is 13.2 Å². The van der Waals surface area contributed by atoms with E-state index in [0.717, 1.165) is 22.3 Å². The molecule has 2 aromatic rings. The molecule has 2 amide bonds. The topological polar surface area (TPSA) is 105 Å². The van der Waals surface area contributed by atoms with Crippen LogP contribution in [-0.4, -0.2) is 42.3 Å². The first-order chi connectivity index (χ1) is 15.5. The van der Waals surface area contributed by atoms with Gasteiger partial charge in [0.25, 0.3) is 0 Å². The molecule has 3 N–H and O–H groups in total. The van der Waals surface area contributed by atoms with Crippen molar-refractivity contribution in [2.45, 2.75) is 38.1 Å². The van der Waals surface area contributed by atoms with Gasteiger partial charge in [-0.15, -0.1) is 0 Å². The molecule has 7 nitrogen and oxygen atoms in total. The molecule has 0 fully saturated rings. The molecule has 1 atom stereocenters. The molecular weight excluding hydrogens is 408 g/mol. The summed E-state index contributed by atoms with van der Waals surface area (Å²) in [6, 6.07) is 15.0. The van der Waals surface area contributed by atoms with Crippen molar-refractivity contribution in [1.82, 2.24) is 10.6 Å². The number of alkyl carbamates (subject to hydrolysis) is 1. The highest BCUT2D eigenvalue weighted by atomic mass is 16.5. The van der Waals surface area contributed by atoms with Crippen molar-refractivity contribution in [3.8, 4) is 11.1 Å². The van der Waals surface area contributed by atoms with Crippen LogP contribution in [0.1, 0.15) is 43.2 Å². The zero-order valence-electron chi connectivity index (χ0n) is 18.0. The molecule has 0 heterocycles. The molecule has 32 heavy (non-hydrogen) atoms. The van der Waals surface area contributed by atoms with Gasteiger partial charge < -0.3 is 20.5 Å². The average molecular weight is 437 g/mol. The molecule has 3 rings (SSSR count). The van der Waals surface area contributed by atoms with Crippen molar-refractivity contribution < 1.29 is 24.2 Å². The van der Waals surface area contributed by atoms with Gasteiger partial charge in [-0.25, -0.2) is 9.59 Å². The van der Waals surface area contributed by atoms with Gasteiger partial charge >= 0.3 is 12.1 Å². The van der Waals surface area contributed by atoms with E-state index in [1.54, 1.807) is 13.0 Å². The third-order valence-corrected chi connectivity index (χ3v) is 5.47. The summed E-state index contributed by atoms with van der Waals surface area (Å²) >= 11 is 0. The maximum atomic E-state index is 12.3. The van der Waals surface area contributed by atoms with Crippen LogP contribution in [0.25, 0.3) is 11.1 Å².